The fraction of sp³-hybridized carbons (Fsp3) is 0.385. The maximum absolute atomic E-state index is 11.5. The topological polar surface area (TPSA) is 72.8 Å². The van der Waals surface area contributed by atoms with Crippen LogP contribution in [0.3, 0.4) is 0 Å². The number of rotatable bonds is 6. The summed E-state index contributed by atoms with van der Waals surface area (Å²) in [4.78, 5) is 22.4. The van der Waals surface area contributed by atoms with Crippen LogP contribution in [0.25, 0.3) is 0 Å². The molecular formula is C13H16O5. The number of hydrogen-bond acceptors (Lipinski definition) is 5. The third-order valence-corrected chi connectivity index (χ3v) is 2.49. The van der Waals surface area contributed by atoms with Gasteiger partial charge in [0.15, 0.2) is 0 Å². The molecule has 0 aliphatic heterocycles. The molecule has 0 bridgehead atoms. The van der Waals surface area contributed by atoms with Crippen LogP contribution in [0, 0.1) is 0 Å². The second kappa shape index (κ2) is 6.76. The number of hydrogen-bond donors (Lipinski definition) is 1. The van der Waals surface area contributed by atoms with Gasteiger partial charge >= 0.3 is 5.97 Å². The predicted octanol–water partition coefficient (Wildman–Crippen LogP) is 1.25. The number of aliphatic hydroxyl groups excluding tert-OH is 1. The number of carbonyl (C=O) groups excluding carboxylic acids is 2. The van der Waals surface area contributed by atoms with Gasteiger partial charge in [-0.15, -0.1) is 0 Å². The summed E-state index contributed by atoms with van der Waals surface area (Å²) in [6.07, 6.45) is -1.46. The first kappa shape index (κ1) is 14.2. The zero-order valence-electron chi connectivity index (χ0n) is 10.4. The summed E-state index contributed by atoms with van der Waals surface area (Å²) in [6.45, 7) is 0. The highest BCUT2D eigenvalue weighted by atomic mass is 16.5. The summed E-state index contributed by atoms with van der Waals surface area (Å²) in [7, 11) is 2.70. The monoisotopic (exact) mass is 252 g/mol. The number of carbonyl (C=O) groups is 2. The summed E-state index contributed by atoms with van der Waals surface area (Å²) in [5.41, 5.74) is 0.526. The van der Waals surface area contributed by atoms with Crippen LogP contribution in [0.5, 0.6) is 5.75 Å². The van der Waals surface area contributed by atoms with Crippen molar-refractivity contribution in [2.45, 2.75) is 18.9 Å². The summed E-state index contributed by atoms with van der Waals surface area (Å²) in [5, 5.41) is 9.94. The van der Waals surface area contributed by atoms with Gasteiger partial charge in [0.1, 0.15) is 18.0 Å². The molecule has 98 valence electrons. The van der Waals surface area contributed by atoms with Gasteiger partial charge in [0.25, 0.3) is 0 Å². The summed E-state index contributed by atoms with van der Waals surface area (Å²) in [6, 6.07) is 6.88. The minimum atomic E-state index is -0.988. The van der Waals surface area contributed by atoms with E-state index in [9.17, 15) is 14.7 Å². The molecule has 0 fully saturated rings. The number of ether oxygens (including phenoxy) is 2. The Bertz CT molecular complexity index is 427. The fourth-order valence-corrected chi connectivity index (χ4v) is 1.57. The Morgan fingerprint density at radius 2 is 1.94 bits per heavy atom. The van der Waals surface area contributed by atoms with Crippen molar-refractivity contribution >= 4 is 11.8 Å². The molecule has 0 aromatic heterocycles. The first-order chi connectivity index (χ1) is 8.58. The normalized spacial score (nSPS) is 11.7. The Balaban J connectivity index is 2.67. The van der Waals surface area contributed by atoms with Crippen LogP contribution in [0.2, 0.25) is 0 Å². The minimum absolute atomic E-state index is 0.143. The van der Waals surface area contributed by atoms with Gasteiger partial charge in [-0.05, 0) is 6.07 Å². The van der Waals surface area contributed by atoms with Crippen molar-refractivity contribution in [3.05, 3.63) is 29.8 Å². The molecule has 0 spiro atoms. The number of esters is 1. The molecule has 18 heavy (non-hydrogen) atoms. The summed E-state index contributed by atoms with van der Waals surface area (Å²) >= 11 is 0. The third kappa shape index (κ3) is 3.85. The highest BCUT2D eigenvalue weighted by Crippen LogP contribution is 2.27. The first-order valence-electron chi connectivity index (χ1n) is 5.48. The van der Waals surface area contributed by atoms with Crippen molar-refractivity contribution in [3.63, 3.8) is 0 Å². The molecule has 0 amide bonds. The van der Waals surface area contributed by atoms with E-state index in [4.69, 9.17) is 4.74 Å². The van der Waals surface area contributed by atoms with Crippen LogP contribution in [0.4, 0.5) is 0 Å². The minimum Gasteiger partial charge on any atom is -0.496 e. The number of Topliss-reactive ketones (excluding diaryl/α,β-unsaturated/α-hetero) is 1. The van der Waals surface area contributed by atoms with Crippen LogP contribution in [-0.4, -0.2) is 31.1 Å². The largest absolute Gasteiger partial charge is 0.496 e. The van der Waals surface area contributed by atoms with Crippen molar-refractivity contribution in [2.75, 3.05) is 14.2 Å². The van der Waals surface area contributed by atoms with Crippen LogP contribution in [0.1, 0.15) is 24.5 Å². The molecule has 1 atom stereocenters. The highest BCUT2D eigenvalue weighted by molar-refractivity contribution is 5.95. The first-order valence-corrected chi connectivity index (χ1v) is 5.48. The molecule has 1 aromatic carbocycles. The smallest absolute Gasteiger partial charge is 0.313 e. The van der Waals surface area contributed by atoms with E-state index in [0.717, 1.165) is 0 Å². The van der Waals surface area contributed by atoms with E-state index in [0.29, 0.717) is 11.3 Å². The summed E-state index contributed by atoms with van der Waals surface area (Å²) in [5.74, 6) is -0.469. The van der Waals surface area contributed by atoms with Crippen molar-refractivity contribution in [3.8, 4) is 5.75 Å². The lowest BCUT2D eigenvalue weighted by atomic mass is 10.0. The lowest BCUT2D eigenvalue weighted by molar-refractivity contribution is -0.143. The Labute approximate surface area is 105 Å². The van der Waals surface area contributed by atoms with Crippen molar-refractivity contribution < 1.29 is 24.2 Å². The maximum atomic E-state index is 11.5. The van der Waals surface area contributed by atoms with E-state index >= 15 is 0 Å². The van der Waals surface area contributed by atoms with Gasteiger partial charge in [0.05, 0.1) is 20.3 Å². The van der Waals surface area contributed by atoms with E-state index in [-0.39, 0.29) is 18.6 Å². The highest BCUT2D eigenvalue weighted by Gasteiger charge is 2.18. The lowest BCUT2D eigenvalue weighted by Crippen LogP contribution is -2.13. The summed E-state index contributed by atoms with van der Waals surface area (Å²) < 4.78 is 9.47. The molecule has 0 saturated heterocycles. The Morgan fingerprint density at radius 3 is 2.56 bits per heavy atom. The Hall–Kier alpha value is -1.88. The van der Waals surface area contributed by atoms with Gasteiger partial charge < -0.3 is 14.6 Å². The van der Waals surface area contributed by atoms with E-state index in [1.165, 1.54) is 14.2 Å². The van der Waals surface area contributed by atoms with E-state index in [2.05, 4.69) is 4.74 Å². The van der Waals surface area contributed by atoms with Crippen molar-refractivity contribution in [1.82, 2.24) is 0 Å². The van der Waals surface area contributed by atoms with Gasteiger partial charge in [-0.1, -0.05) is 18.2 Å². The number of ketones is 1. The molecule has 5 nitrogen and oxygen atoms in total. The van der Waals surface area contributed by atoms with E-state index in [1.54, 1.807) is 24.3 Å². The second-order valence-electron chi connectivity index (χ2n) is 3.75. The van der Waals surface area contributed by atoms with E-state index in [1.807, 2.05) is 0 Å². The van der Waals surface area contributed by atoms with Crippen LogP contribution in [0.15, 0.2) is 24.3 Å². The van der Waals surface area contributed by atoms with Crippen LogP contribution < -0.4 is 4.74 Å². The number of aliphatic hydroxyl groups is 1. The van der Waals surface area contributed by atoms with Gasteiger partial charge in [-0.2, -0.15) is 0 Å². The molecule has 1 N–H and O–H groups in total. The van der Waals surface area contributed by atoms with Gasteiger partial charge in [-0.25, -0.2) is 0 Å². The number of benzene rings is 1. The Morgan fingerprint density at radius 1 is 1.28 bits per heavy atom. The molecule has 1 aromatic rings. The second-order valence-corrected chi connectivity index (χ2v) is 3.75. The average molecular weight is 252 g/mol. The predicted molar refractivity (Wildman–Crippen MR) is 64.2 cm³/mol. The molecule has 5 heteroatoms. The van der Waals surface area contributed by atoms with Gasteiger partial charge in [0.2, 0.25) is 0 Å². The van der Waals surface area contributed by atoms with Crippen molar-refractivity contribution in [2.24, 2.45) is 0 Å². The molecule has 0 heterocycles. The molecule has 1 unspecified atom stereocenters. The Kier molecular flexibility index (Phi) is 5.32. The molecule has 1 rings (SSSR count). The number of methoxy groups -OCH3 is 2. The standard InChI is InChI=1S/C13H16O5/c1-17-12-6-4-3-5-10(12)11(15)7-9(14)8-13(16)18-2/h3-6,11,15H,7-8H2,1-2H3. The molecule has 0 aliphatic carbocycles. The zero-order valence-corrected chi connectivity index (χ0v) is 10.4. The number of para-hydroxylation sites is 1. The molecular weight excluding hydrogens is 236 g/mol. The van der Waals surface area contributed by atoms with Gasteiger partial charge in [-0.3, -0.25) is 9.59 Å². The van der Waals surface area contributed by atoms with E-state index < -0.39 is 12.1 Å². The molecule has 0 saturated carbocycles. The lowest BCUT2D eigenvalue weighted by Gasteiger charge is -2.13. The quantitative estimate of drug-likeness (QED) is 0.609. The van der Waals surface area contributed by atoms with Crippen molar-refractivity contribution in [1.29, 1.82) is 0 Å². The fourth-order valence-electron chi connectivity index (χ4n) is 1.57. The van der Waals surface area contributed by atoms with Crippen LogP contribution >= 0.6 is 0 Å². The SMILES string of the molecule is COC(=O)CC(=O)CC(O)c1ccccc1OC. The van der Waals surface area contributed by atoms with Gasteiger partial charge in [0, 0.05) is 12.0 Å². The molecule has 0 radical (unpaired) electrons. The third-order valence-electron chi connectivity index (χ3n) is 2.49. The average Bonchev–Trinajstić information content (AvgIpc) is 2.38. The zero-order chi connectivity index (χ0) is 13.5. The molecule has 0 aliphatic rings. The maximum Gasteiger partial charge on any atom is 0.313 e. The van der Waals surface area contributed by atoms with Crippen LogP contribution in [-0.2, 0) is 14.3 Å².